The number of aromatic nitrogens is 1. The molecule has 0 saturated carbocycles. The highest BCUT2D eigenvalue weighted by Gasteiger charge is 2.29. The van der Waals surface area contributed by atoms with Gasteiger partial charge in [0.1, 0.15) is 0 Å². The minimum absolute atomic E-state index is 0.792. The number of hydrogen-bond acceptors (Lipinski definition) is 1. The molecule has 0 aliphatic carbocycles. The predicted molar refractivity (Wildman–Crippen MR) is 41.5 cm³/mol. The average Bonchev–Trinajstić information content (AvgIpc) is 2.37. The summed E-state index contributed by atoms with van der Waals surface area (Å²) < 4.78 is 0. The normalized spacial score (nSPS) is 11.5. The lowest BCUT2D eigenvalue weighted by atomic mass is 9.87. The van der Waals surface area contributed by atoms with E-state index in [9.17, 15) is 4.79 Å². The molecular formula is C8H11NO2. The van der Waals surface area contributed by atoms with Crippen LogP contribution in [0.1, 0.15) is 19.4 Å². The van der Waals surface area contributed by atoms with E-state index >= 15 is 0 Å². The number of rotatable bonds is 2. The molecule has 0 aliphatic heterocycles. The molecule has 0 aromatic carbocycles. The van der Waals surface area contributed by atoms with Gasteiger partial charge in [-0.2, -0.15) is 0 Å². The Morgan fingerprint density at radius 2 is 2.27 bits per heavy atom. The van der Waals surface area contributed by atoms with Crippen LogP contribution in [0.3, 0.4) is 0 Å². The van der Waals surface area contributed by atoms with E-state index in [0.717, 1.165) is 5.56 Å². The molecule has 0 spiro atoms. The fourth-order valence-corrected chi connectivity index (χ4v) is 0.836. The van der Waals surface area contributed by atoms with Crippen LogP contribution < -0.4 is 0 Å². The van der Waals surface area contributed by atoms with Crippen molar-refractivity contribution < 1.29 is 9.90 Å². The van der Waals surface area contributed by atoms with Crippen molar-refractivity contribution in [2.24, 2.45) is 0 Å². The van der Waals surface area contributed by atoms with Crippen LogP contribution in [0.4, 0.5) is 0 Å². The topological polar surface area (TPSA) is 53.1 Å². The molecule has 1 heterocycles. The van der Waals surface area contributed by atoms with Gasteiger partial charge < -0.3 is 10.1 Å². The van der Waals surface area contributed by atoms with Gasteiger partial charge in [-0.1, -0.05) is 0 Å². The molecule has 0 bridgehead atoms. The minimum atomic E-state index is -0.808. The first-order valence-corrected chi connectivity index (χ1v) is 3.42. The Labute approximate surface area is 65.1 Å². The zero-order valence-corrected chi connectivity index (χ0v) is 6.59. The monoisotopic (exact) mass is 153 g/mol. The van der Waals surface area contributed by atoms with E-state index in [2.05, 4.69) is 4.98 Å². The van der Waals surface area contributed by atoms with Crippen LogP contribution in [0.15, 0.2) is 18.5 Å². The van der Waals surface area contributed by atoms with Crippen molar-refractivity contribution >= 4 is 5.97 Å². The summed E-state index contributed by atoms with van der Waals surface area (Å²) in [7, 11) is 0. The highest BCUT2D eigenvalue weighted by Crippen LogP contribution is 2.22. The van der Waals surface area contributed by atoms with E-state index in [-0.39, 0.29) is 0 Å². The van der Waals surface area contributed by atoms with Gasteiger partial charge >= 0.3 is 5.97 Å². The first-order chi connectivity index (χ1) is 5.05. The van der Waals surface area contributed by atoms with Crippen molar-refractivity contribution in [1.82, 2.24) is 4.98 Å². The van der Waals surface area contributed by atoms with Crippen LogP contribution >= 0.6 is 0 Å². The van der Waals surface area contributed by atoms with Gasteiger partial charge in [-0.3, -0.25) is 4.79 Å². The average molecular weight is 153 g/mol. The fourth-order valence-electron chi connectivity index (χ4n) is 0.836. The van der Waals surface area contributed by atoms with E-state index < -0.39 is 11.4 Å². The number of hydrogen-bond donors (Lipinski definition) is 2. The molecule has 11 heavy (non-hydrogen) atoms. The maximum absolute atomic E-state index is 10.7. The summed E-state index contributed by atoms with van der Waals surface area (Å²) in [6, 6.07) is 1.77. The molecule has 3 heteroatoms. The van der Waals surface area contributed by atoms with Crippen LogP contribution in [0, 0.1) is 0 Å². The predicted octanol–water partition coefficient (Wildman–Crippen LogP) is 1.38. The van der Waals surface area contributed by atoms with Crippen LogP contribution in [-0.2, 0) is 10.2 Å². The summed E-state index contributed by atoms with van der Waals surface area (Å²) >= 11 is 0. The van der Waals surface area contributed by atoms with Gasteiger partial charge in [0.25, 0.3) is 0 Å². The second-order valence-electron chi connectivity index (χ2n) is 3.03. The molecule has 0 radical (unpaired) electrons. The molecule has 0 atom stereocenters. The maximum Gasteiger partial charge on any atom is 0.313 e. The van der Waals surface area contributed by atoms with Gasteiger partial charge in [0.05, 0.1) is 5.41 Å². The lowest BCUT2D eigenvalue weighted by Gasteiger charge is -2.16. The first kappa shape index (κ1) is 7.85. The first-order valence-electron chi connectivity index (χ1n) is 3.42. The standard InChI is InChI=1S/C8H11NO2/c1-8(2,7(10)11)6-3-4-9-5-6/h3-5,9H,1-2H3,(H,10,11). The highest BCUT2D eigenvalue weighted by atomic mass is 16.4. The molecule has 1 aromatic heterocycles. The van der Waals surface area contributed by atoms with Crippen LogP contribution in [0.5, 0.6) is 0 Å². The summed E-state index contributed by atoms with van der Waals surface area (Å²) in [5, 5.41) is 8.80. The number of aromatic amines is 1. The Balaban J connectivity index is 3.00. The molecule has 1 rings (SSSR count). The smallest absolute Gasteiger partial charge is 0.313 e. The van der Waals surface area contributed by atoms with Crippen molar-refractivity contribution in [3.63, 3.8) is 0 Å². The number of carbonyl (C=O) groups is 1. The maximum atomic E-state index is 10.7. The van der Waals surface area contributed by atoms with E-state index in [0.29, 0.717) is 0 Å². The van der Waals surface area contributed by atoms with Crippen molar-refractivity contribution in [1.29, 1.82) is 0 Å². The Hall–Kier alpha value is -1.25. The molecule has 0 unspecified atom stereocenters. The summed E-state index contributed by atoms with van der Waals surface area (Å²) in [5.41, 5.74) is 0.00463. The zero-order valence-electron chi connectivity index (χ0n) is 6.59. The van der Waals surface area contributed by atoms with Gasteiger partial charge in [-0.15, -0.1) is 0 Å². The summed E-state index contributed by atoms with van der Waals surface area (Å²) in [6.07, 6.45) is 3.42. The molecule has 0 aliphatic rings. The fraction of sp³-hybridized carbons (Fsp3) is 0.375. The molecular weight excluding hydrogens is 142 g/mol. The van der Waals surface area contributed by atoms with Gasteiger partial charge in [0, 0.05) is 12.4 Å². The summed E-state index contributed by atoms with van der Waals surface area (Å²) in [5.74, 6) is -0.808. The Morgan fingerprint density at radius 3 is 2.64 bits per heavy atom. The highest BCUT2D eigenvalue weighted by molar-refractivity contribution is 5.80. The zero-order chi connectivity index (χ0) is 8.48. The lowest BCUT2D eigenvalue weighted by Crippen LogP contribution is -2.27. The second kappa shape index (κ2) is 2.42. The molecule has 0 saturated heterocycles. The quantitative estimate of drug-likeness (QED) is 0.674. The SMILES string of the molecule is CC(C)(C(=O)O)c1cc[nH]c1. The Kier molecular flexibility index (Phi) is 1.72. The third-order valence-corrected chi connectivity index (χ3v) is 1.85. The number of H-pyrrole nitrogens is 1. The summed E-state index contributed by atoms with van der Waals surface area (Å²) in [6.45, 7) is 3.36. The number of carboxylic acid groups (broad SMARTS) is 1. The molecule has 1 aromatic rings. The number of aliphatic carboxylic acids is 1. The van der Waals surface area contributed by atoms with Gasteiger partial charge in [-0.25, -0.2) is 0 Å². The van der Waals surface area contributed by atoms with E-state index in [1.54, 1.807) is 32.3 Å². The van der Waals surface area contributed by atoms with E-state index in [4.69, 9.17) is 5.11 Å². The Morgan fingerprint density at radius 1 is 1.64 bits per heavy atom. The van der Waals surface area contributed by atoms with Crippen molar-refractivity contribution in [2.45, 2.75) is 19.3 Å². The van der Waals surface area contributed by atoms with Gasteiger partial charge in [-0.05, 0) is 25.5 Å². The lowest BCUT2D eigenvalue weighted by molar-refractivity contribution is -0.142. The van der Waals surface area contributed by atoms with Crippen molar-refractivity contribution in [3.05, 3.63) is 24.0 Å². The molecule has 3 nitrogen and oxygen atoms in total. The molecule has 2 N–H and O–H groups in total. The molecule has 0 amide bonds. The molecule has 0 fully saturated rings. The Bertz CT molecular complexity index is 249. The van der Waals surface area contributed by atoms with Crippen LogP contribution in [0.25, 0.3) is 0 Å². The summed E-state index contributed by atoms with van der Waals surface area (Å²) in [4.78, 5) is 13.5. The third kappa shape index (κ3) is 1.27. The van der Waals surface area contributed by atoms with E-state index in [1.165, 1.54) is 0 Å². The molecule has 60 valence electrons. The van der Waals surface area contributed by atoms with E-state index in [1.807, 2.05) is 0 Å². The number of carboxylic acids is 1. The second-order valence-corrected chi connectivity index (χ2v) is 3.03. The third-order valence-electron chi connectivity index (χ3n) is 1.85. The van der Waals surface area contributed by atoms with Crippen LogP contribution in [-0.4, -0.2) is 16.1 Å². The van der Waals surface area contributed by atoms with Crippen molar-refractivity contribution in [3.8, 4) is 0 Å². The van der Waals surface area contributed by atoms with Gasteiger partial charge in [0.15, 0.2) is 0 Å². The number of nitrogens with one attached hydrogen (secondary N) is 1. The minimum Gasteiger partial charge on any atom is -0.481 e. The van der Waals surface area contributed by atoms with Crippen LogP contribution in [0.2, 0.25) is 0 Å². The van der Waals surface area contributed by atoms with Crippen molar-refractivity contribution in [2.75, 3.05) is 0 Å². The largest absolute Gasteiger partial charge is 0.481 e. The van der Waals surface area contributed by atoms with Gasteiger partial charge in [0.2, 0.25) is 0 Å².